The Labute approximate surface area is 90.4 Å². The van der Waals surface area contributed by atoms with Crippen LogP contribution in [0.3, 0.4) is 0 Å². The summed E-state index contributed by atoms with van der Waals surface area (Å²) >= 11 is 9.12. The molecule has 0 aliphatic heterocycles. The van der Waals surface area contributed by atoms with Gasteiger partial charge in [-0.1, -0.05) is 11.6 Å². The van der Waals surface area contributed by atoms with Crippen LogP contribution < -0.4 is 4.74 Å². The maximum absolute atomic E-state index is 5.80. The van der Waals surface area contributed by atoms with E-state index in [4.69, 9.17) is 16.3 Å². The smallest absolute Gasteiger partial charge is 0.153 e. The number of hydrogen-bond donors (Lipinski definition) is 0. The van der Waals surface area contributed by atoms with E-state index in [1.165, 1.54) is 6.42 Å². The van der Waals surface area contributed by atoms with Gasteiger partial charge >= 0.3 is 0 Å². The van der Waals surface area contributed by atoms with Crippen molar-refractivity contribution < 1.29 is 4.74 Å². The molecule has 2 rings (SSSR count). The van der Waals surface area contributed by atoms with Gasteiger partial charge in [-0.25, -0.2) is 4.98 Å². The summed E-state index contributed by atoms with van der Waals surface area (Å²) in [6.07, 6.45) is 5.49. The van der Waals surface area contributed by atoms with Crippen LogP contribution in [0.5, 0.6) is 5.75 Å². The van der Waals surface area contributed by atoms with Gasteiger partial charge in [-0.05, 0) is 35.2 Å². The molecule has 70 valence electrons. The van der Waals surface area contributed by atoms with Gasteiger partial charge in [0.25, 0.3) is 0 Å². The van der Waals surface area contributed by atoms with Crippen molar-refractivity contribution in [2.24, 2.45) is 0 Å². The van der Waals surface area contributed by atoms with Crippen LogP contribution in [0.2, 0.25) is 5.02 Å². The van der Waals surface area contributed by atoms with E-state index in [0.717, 1.165) is 23.2 Å². The van der Waals surface area contributed by atoms with Gasteiger partial charge in [0.2, 0.25) is 0 Å². The second kappa shape index (κ2) is 3.84. The molecule has 1 heterocycles. The number of pyridine rings is 1. The second-order valence-electron chi connectivity index (χ2n) is 3.11. The molecule has 1 fully saturated rings. The zero-order chi connectivity index (χ0) is 9.26. The molecule has 4 heteroatoms. The van der Waals surface area contributed by atoms with E-state index in [1.54, 1.807) is 12.3 Å². The summed E-state index contributed by atoms with van der Waals surface area (Å²) in [7, 11) is 0. The standard InChI is InChI=1S/C9H9BrClNO/c10-9-8(4-6(11)5-12-9)13-7-2-1-3-7/h4-5,7H,1-3H2. The molecule has 0 saturated heterocycles. The Morgan fingerprint density at radius 2 is 2.31 bits per heavy atom. The van der Waals surface area contributed by atoms with E-state index in [9.17, 15) is 0 Å². The van der Waals surface area contributed by atoms with Gasteiger partial charge in [0.05, 0.1) is 11.1 Å². The molecule has 0 amide bonds. The van der Waals surface area contributed by atoms with E-state index >= 15 is 0 Å². The summed E-state index contributed by atoms with van der Waals surface area (Å²) < 4.78 is 6.39. The van der Waals surface area contributed by atoms with Crippen molar-refractivity contribution in [1.82, 2.24) is 4.98 Å². The third kappa shape index (κ3) is 2.15. The van der Waals surface area contributed by atoms with E-state index in [0.29, 0.717) is 11.1 Å². The van der Waals surface area contributed by atoms with Crippen LogP contribution in [0.4, 0.5) is 0 Å². The molecular formula is C9H9BrClNO. The predicted octanol–water partition coefficient (Wildman–Crippen LogP) is 3.43. The van der Waals surface area contributed by atoms with Crippen LogP contribution >= 0.6 is 27.5 Å². The minimum absolute atomic E-state index is 0.358. The maximum atomic E-state index is 5.80. The number of rotatable bonds is 2. The third-order valence-corrected chi connectivity index (χ3v) is 2.92. The number of halogens is 2. The summed E-state index contributed by atoms with van der Waals surface area (Å²) in [6, 6.07) is 1.79. The Hall–Kier alpha value is -0.280. The van der Waals surface area contributed by atoms with E-state index in [2.05, 4.69) is 20.9 Å². The fourth-order valence-electron chi connectivity index (χ4n) is 1.15. The van der Waals surface area contributed by atoms with Crippen LogP contribution in [-0.4, -0.2) is 11.1 Å². The largest absolute Gasteiger partial charge is 0.488 e. The Kier molecular flexibility index (Phi) is 2.74. The predicted molar refractivity (Wildman–Crippen MR) is 55.2 cm³/mol. The van der Waals surface area contributed by atoms with Crippen molar-refractivity contribution in [3.05, 3.63) is 21.9 Å². The highest BCUT2D eigenvalue weighted by Crippen LogP contribution is 2.30. The van der Waals surface area contributed by atoms with Gasteiger partial charge in [0.15, 0.2) is 5.75 Å². The fraction of sp³-hybridized carbons (Fsp3) is 0.444. The molecule has 1 saturated carbocycles. The van der Waals surface area contributed by atoms with Gasteiger partial charge in [0, 0.05) is 12.3 Å². The average Bonchev–Trinajstić information content (AvgIpc) is 2.03. The Balaban J connectivity index is 2.13. The minimum Gasteiger partial charge on any atom is -0.488 e. The highest BCUT2D eigenvalue weighted by molar-refractivity contribution is 9.10. The van der Waals surface area contributed by atoms with Crippen molar-refractivity contribution in [3.8, 4) is 5.75 Å². The zero-order valence-corrected chi connectivity index (χ0v) is 9.31. The lowest BCUT2D eigenvalue weighted by molar-refractivity contribution is 0.119. The van der Waals surface area contributed by atoms with Gasteiger partial charge in [0.1, 0.15) is 4.60 Å². The van der Waals surface area contributed by atoms with Crippen LogP contribution in [0.15, 0.2) is 16.9 Å². The van der Waals surface area contributed by atoms with Crippen LogP contribution in [0.25, 0.3) is 0 Å². The van der Waals surface area contributed by atoms with Gasteiger partial charge in [-0.15, -0.1) is 0 Å². The summed E-state index contributed by atoms with van der Waals surface area (Å²) in [5.41, 5.74) is 0. The second-order valence-corrected chi connectivity index (χ2v) is 4.30. The van der Waals surface area contributed by atoms with E-state index < -0.39 is 0 Å². The summed E-state index contributed by atoms with van der Waals surface area (Å²) in [4.78, 5) is 4.05. The van der Waals surface area contributed by atoms with E-state index in [1.807, 2.05) is 0 Å². The monoisotopic (exact) mass is 261 g/mol. The quantitative estimate of drug-likeness (QED) is 0.762. The lowest BCUT2D eigenvalue weighted by Crippen LogP contribution is -2.24. The molecular weight excluding hydrogens is 253 g/mol. The Morgan fingerprint density at radius 1 is 1.54 bits per heavy atom. The summed E-state index contributed by atoms with van der Waals surface area (Å²) in [5, 5.41) is 0.609. The number of ether oxygens (including phenoxy) is 1. The molecule has 13 heavy (non-hydrogen) atoms. The topological polar surface area (TPSA) is 22.1 Å². The first kappa shape index (κ1) is 9.28. The molecule has 0 bridgehead atoms. The summed E-state index contributed by atoms with van der Waals surface area (Å²) in [5.74, 6) is 0.747. The highest BCUT2D eigenvalue weighted by atomic mass is 79.9. The molecule has 1 aliphatic rings. The van der Waals surface area contributed by atoms with E-state index in [-0.39, 0.29) is 0 Å². The lowest BCUT2D eigenvalue weighted by atomic mass is 9.96. The van der Waals surface area contributed by atoms with Crippen LogP contribution in [-0.2, 0) is 0 Å². The molecule has 1 aromatic heterocycles. The van der Waals surface area contributed by atoms with Crippen LogP contribution in [0, 0.1) is 0 Å². The molecule has 0 radical (unpaired) electrons. The van der Waals surface area contributed by atoms with Crippen molar-refractivity contribution in [1.29, 1.82) is 0 Å². The number of aromatic nitrogens is 1. The van der Waals surface area contributed by atoms with Crippen molar-refractivity contribution >= 4 is 27.5 Å². The molecule has 1 aliphatic carbocycles. The number of hydrogen-bond acceptors (Lipinski definition) is 2. The first-order valence-corrected chi connectivity index (χ1v) is 5.40. The third-order valence-electron chi connectivity index (χ3n) is 2.12. The molecule has 0 N–H and O–H groups in total. The maximum Gasteiger partial charge on any atom is 0.153 e. The Bertz CT molecular complexity index is 314. The van der Waals surface area contributed by atoms with Crippen molar-refractivity contribution in [2.75, 3.05) is 0 Å². The molecule has 0 aromatic carbocycles. The SMILES string of the molecule is Clc1cnc(Br)c(OC2CCC2)c1. The highest BCUT2D eigenvalue weighted by Gasteiger charge is 2.20. The van der Waals surface area contributed by atoms with Gasteiger partial charge < -0.3 is 4.74 Å². The minimum atomic E-state index is 0.358. The molecule has 0 atom stereocenters. The van der Waals surface area contributed by atoms with Gasteiger partial charge in [-0.2, -0.15) is 0 Å². The van der Waals surface area contributed by atoms with Gasteiger partial charge in [-0.3, -0.25) is 0 Å². The normalized spacial score (nSPS) is 16.8. The molecule has 2 nitrogen and oxygen atoms in total. The zero-order valence-electron chi connectivity index (χ0n) is 6.96. The summed E-state index contributed by atoms with van der Waals surface area (Å²) in [6.45, 7) is 0. The molecule has 0 unspecified atom stereocenters. The Morgan fingerprint density at radius 3 is 2.92 bits per heavy atom. The fourth-order valence-corrected chi connectivity index (χ4v) is 1.61. The van der Waals surface area contributed by atoms with Crippen LogP contribution in [0.1, 0.15) is 19.3 Å². The van der Waals surface area contributed by atoms with Crippen molar-refractivity contribution in [3.63, 3.8) is 0 Å². The first-order valence-electron chi connectivity index (χ1n) is 4.23. The van der Waals surface area contributed by atoms with Crippen molar-refractivity contribution in [2.45, 2.75) is 25.4 Å². The first-order chi connectivity index (χ1) is 6.25. The number of nitrogens with zero attached hydrogens (tertiary/aromatic N) is 1. The molecule has 0 spiro atoms. The molecule has 1 aromatic rings. The lowest BCUT2D eigenvalue weighted by Gasteiger charge is -2.26. The average molecular weight is 263 g/mol.